The predicted molar refractivity (Wildman–Crippen MR) is 57.6 cm³/mol. The summed E-state index contributed by atoms with van der Waals surface area (Å²) in [5.74, 6) is 0. The summed E-state index contributed by atoms with van der Waals surface area (Å²) in [6.45, 7) is 3.61. The first-order valence-electron chi connectivity index (χ1n) is 5.18. The van der Waals surface area contributed by atoms with E-state index in [0.29, 0.717) is 10.8 Å². The maximum absolute atomic E-state index is 10.6. The van der Waals surface area contributed by atoms with Crippen molar-refractivity contribution in [1.29, 1.82) is 0 Å². The zero-order valence-corrected chi connectivity index (χ0v) is 14.2. The van der Waals surface area contributed by atoms with Crippen molar-refractivity contribution in [1.82, 2.24) is 14.5 Å². The van der Waals surface area contributed by atoms with E-state index < -0.39 is 16.4 Å². The van der Waals surface area contributed by atoms with Crippen molar-refractivity contribution in [3.63, 3.8) is 0 Å². The van der Waals surface area contributed by atoms with Crippen LogP contribution >= 0.6 is 0 Å². The van der Waals surface area contributed by atoms with Gasteiger partial charge in [-0.3, -0.25) is 4.90 Å². The van der Waals surface area contributed by atoms with E-state index in [-0.39, 0.29) is 57.9 Å². The number of aliphatic hydroxyl groups excluding tert-OH is 1. The molecule has 2 N–H and O–H groups in total. The molecule has 1 saturated heterocycles. The van der Waals surface area contributed by atoms with Crippen LogP contribution in [0, 0.1) is 0 Å². The van der Waals surface area contributed by atoms with Crippen molar-refractivity contribution >= 4 is 10.3 Å². The largest absolute Gasteiger partial charge is 1.00 e. The van der Waals surface area contributed by atoms with Crippen molar-refractivity contribution in [2.24, 2.45) is 0 Å². The van der Waals surface area contributed by atoms with Crippen molar-refractivity contribution in [3.8, 4) is 0 Å². The average molecular weight is 291 g/mol. The zero-order chi connectivity index (χ0) is 12.2. The molecule has 1 rings (SSSR count). The first-order valence-corrected chi connectivity index (χ1v) is 6.54. The fraction of sp³-hybridized carbons (Fsp3) is 1.00. The summed E-state index contributed by atoms with van der Waals surface area (Å²) in [4.78, 5) is 2.03. The van der Waals surface area contributed by atoms with Crippen LogP contribution in [-0.2, 0) is 10.3 Å². The van der Waals surface area contributed by atoms with Crippen molar-refractivity contribution in [2.75, 3.05) is 46.3 Å². The Hall–Kier alpha value is 1.39. The predicted octanol–water partition coefficient (Wildman–Crippen LogP) is -5.35. The van der Waals surface area contributed by atoms with Gasteiger partial charge in [0.2, 0.25) is 0 Å². The van der Waals surface area contributed by atoms with E-state index in [2.05, 4.69) is 5.32 Å². The Morgan fingerprint density at radius 3 is 2.47 bits per heavy atom. The number of hydrogen-bond donors (Lipinski definition) is 2. The minimum absolute atomic E-state index is 0. The molecule has 0 saturated carbocycles. The molecule has 7 nitrogen and oxygen atoms in total. The van der Waals surface area contributed by atoms with Crippen molar-refractivity contribution in [2.45, 2.75) is 6.10 Å². The molecular formula is C8H18KN3O4S. The zero-order valence-electron chi connectivity index (χ0n) is 10.3. The number of hydrogen-bond acceptors (Lipinski definition) is 6. The summed E-state index contributed by atoms with van der Waals surface area (Å²) in [5.41, 5.74) is 0. The molecule has 1 fully saturated rings. The van der Waals surface area contributed by atoms with Gasteiger partial charge in [-0.15, -0.1) is 0 Å². The minimum atomic E-state index is -4.45. The van der Waals surface area contributed by atoms with Crippen molar-refractivity contribution < 1.29 is 69.5 Å². The first-order chi connectivity index (χ1) is 7.39. The molecule has 0 amide bonds. The molecule has 1 aliphatic heterocycles. The Morgan fingerprint density at radius 2 is 2.00 bits per heavy atom. The van der Waals surface area contributed by atoms with Crippen LogP contribution in [0.2, 0.25) is 0 Å². The van der Waals surface area contributed by atoms with Gasteiger partial charge in [0.25, 0.3) is 0 Å². The van der Waals surface area contributed by atoms with Gasteiger partial charge in [-0.2, -0.15) is 0 Å². The van der Waals surface area contributed by atoms with Gasteiger partial charge in [0.15, 0.2) is 10.3 Å². The van der Waals surface area contributed by atoms with Gasteiger partial charge in [0.1, 0.15) is 0 Å². The summed E-state index contributed by atoms with van der Waals surface area (Å²) < 4.78 is 32.4. The van der Waals surface area contributed by atoms with Gasteiger partial charge in [0.05, 0.1) is 6.10 Å². The second-order valence-corrected chi connectivity index (χ2v) is 5.42. The number of β-amino-alcohol motifs (C(OH)–C–C–N with tert-alkyl or cyclic N) is 1. The van der Waals surface area contributed by atoms with Crippen molar-refractivity contribution in [3.05, 3.63) is 0 Å². The van der Waals surface area contributed by atoms with E-state index in [0.717, 1.165) is 26.2 Å². The quantitative estimate of drug-likeness (QED) is 0.388. The van der Waals surface area contributed by atoms with Crippen LogP contribution in [0.15, 0.2) is 0 Å². The SMILES string of the molecule is CN(CC(O)CN1CCNCC1)S(=O)(=O)[O-].[K+]. The fourth-order valence-electron chi connectivity index (χ4n) is 1.64. The molecule has 0 aromatic heterocycles. The Labute approximate surface area is 145 Å². The van der Waals surface area contributed by atoms with Crippen LogP contribution in [0.4, 0.5) is 0 Å². The summed E-state index contributed by atoms with van der Waals surface area (Å²) in [6.07, 6.45) is -0.827. The van der Waals surface area contributed by atoms with Gasteiger partial charge in [-0.1, -0.05) is 0 Å². The van der Waals surface area contributed by atoms with E-state index in [1.807, 2.05) is 4.90 Å². The number of piperazine rings is 1. The van der Waals surface area contributed by atoms with Gasteiger partial charge in [-0.25, -0.2) is 12.7 Å². The van der Waals surface area contributed by atoms with Gasteiger partial charge < -0.3 is 15.0 Å². The second kappa shape index (κ2) is 8.54. The van der Waals surface area contributed by atoms with Crippen LogP contribution < -0.4 is 56.7 Å². The van der Waals surface area contributed by atoms with E-state index >= 15 is 0 Å². The van der Waals surface area contributed by atoms with Crippen LogP contribution in [0.25, 0.3) is 0 Å². The second-order valence-electron chi connectivity index (χ2n) is 3.94. The third-order valence-electron chi connectivity index (χ3n) is 2.53. The molecule has 9 heteroatoms. The summed E-state index contributed by atoms with van der Waals surface area (Å²) in [7, 11) is -3.28. The fourth-order valence-corrected chi connectivity index (χ4v) is 1.99. The van der Waals surface area contributed by atoms with E-state index in [1.54, 1.807) is 0 Å². The molecule has 0 aromatic rings. The normalized spacial score (nSPS) is 20.0. The maximum Gasteiger partial charge on any atom is 1.00 e. The van der Waals surface area contributed by atoms with Gasteiger partial charge >= 0.3 is 51.4 Å². The Morgan fingerprint density at radius 1 is 1.47 bits per heavy atom. The smallest absolute Gasteiger partial charge is 0.735 e. The molecule has 0 aliphatic carbocycles. The summed E-state index contributed by atoms with van der Waals surface area (Å²) in [6, 6.07) is 0. The number of likely N-dealkylation sites (N-methyl/N-ethyl adjacent to an activating group) is 1. The topological polar surface area (TPSA) is 95.9 Å². The van der Waals surface area contributed by atoms with E-state index in [4.69, 9.17) is 0 Å². The molecule has 0 spiro atoms. The number of aliphatic hydroxyl groups is 1. The minimum Gasteiger partial charge on any atom is -0.735 e. The number of nitrogens with one attached hydrogen (secondary N) is 1. The Balaban J connectivity index is 0.00000256. The molecule has 0 aromatic carbocycles. The van der Waals surface area contributed by atoms with Crippen LogP contribution in [0.3, 0.4) is 0 Å². The van der Waals surface area contributed by atoms with E-state index in [1.165, 1.54) is 7.05 Å². The summed E-state index contributed by atoms with van der Waals surface area (Å²) in [5, 5.41) is 12.8. The summed E-state index contributed by atoms with van der Waals surface area (Å²) >= 11 is 0. The van der Waals surface area contributed by atoms with Crippen LogP contribution in [-0.4, -0.2) is 79.7 Å². The standard InChI is InChI=1S/C8H19N3O4S.K/c1-10(16(13,14)15)6-8(12)7-11-4-2-9-3-5-11;/h8-9,12H,2-7H2,1H3,(H,13,14,15);/q;+1/p-1. The van der Waals surface area contributed by atoms with Crippen LogP contribution in [0.1, 0.15) is 0 Å². The Bertz CT molecular complexity index is 308. The molecule has 1 aliphatic rings. The molecule has 0 bridgehead atoms. The first kappa shape index (κ1) is 18.4. The van der Waals surface area contributed by atoms with Gasteiger partial charge in [0, 0.05) is 46.3 Å². The molecule has 0 radical (unpaired) electrons. The molecule has 1 unspecified atom stereocenters. The van der Waals surface area contributed by atoms with Gasteiger partial charge in [-0.05, 0) is 0 Å². The monoisotopic (exact) mass is 291 g/mol. The molecule has 96 valence electrons. The molecular weight excluding hydrogens is 273 g/mol. The third kappa shape index (κ3) is 7.53. The van der Waals surface area contributed by atoms with Crippen LogP contribution in [0.5, 0.6) is 0 Å². The molecule has 1 atom stereocenters. The average Bonchev–Trinajstić information content (AvgIpc) is 2.17. The Kier molecular flexibility index (Phi) is 9.23. The molecule has 17 heavy (non-hydrogen) atoms. The van der Waals surface area contributed by atoms with E-state index in [9.17, 15) is 18.1 Å². The molecule has 1 heterocycles. The number of nitrogens with zero attached hydrogens (tertiary/aromatic N) is 2. The maximum atomic E-state index is 10.6. The number of rotatable bonds is 5. The third-order valence-corrected chi connectivity index (χ3v) is 3.44.